The number of fused-ring (bicyclic) bond motifs is 1. The Morgan fingerprint density at radius 1 is 1.03 bits per heavy atom. The van der Waals surface area contributed by atoms with E-state index in [2.05, 4.69) is 4.72 Å². The number of carbonyl (C=O) groups excluding carboxylic acids is 1. The van der Waals surface area contributed by atoms with E-state index in [0.29, 0.717) is 25.4 Å². The third-order valence-corrected chi connectivity index (χ3v) is 5.90. The normalized spacial score (nSPS) is 15.1. The van der Waals surface area contributed by atoms with Crippen LogP contribution in [0.15, 0.2) is 53.4 Å². The molecule has 11 heteroatoms. The summed E-state index contributed by atoms with van der Waals surface area (Å²) in [5.74, 6) is -0.225. The molecule has 0 bridgehead atoms. The molecule has 0 aromatic heterocycles. The van der Waals surface area contributed by atoms with Crippen LogP contribution in [0, 0.1) is 0 Å². The highest BCUT2D eigenvalue weighted by atomic mass is 32.2. The van der Waals surface area contributed by atoms with E-state index >= 15 is 0 Å². The van der Waals surface area contributed by atoms with Crippen molar-refractivity contribution in [3.63, 3.8) is 0 Å². The zero-order chi connectivity index (χ0) is 22.5. The first kappa shape index (κ1) is 22.9. The van der Waals surface area contributed by atoms with Gasteiger partial charge < -0.3 is 14.8 Å². The summed E-state index contributed by atoms with van der Waals surface area (Å²) in [5, 5.41) is 1.91. The van der Waals surface area contributed by atoms with Crippen LogP contribution in [0.5, 0.6) is 11.5 Å². The van der Waals surface area contributed by atoms with Crippen LogP contribution < -0.4 is 19.5 Å². The van der Waals surface area contributed by atoms with Crippen molar-refractivity contribution in [2.45, 2.75) is 30.0 Å². The largest absolute Gasteiger partial charge is 0.490 e. The van der Waals surface area contributed by atoms with Gasteiger partial charge in [-0.15, -0.1) is 0 Å². The van der Waals surface area contributed by atoms with Crippen LogP contribution in [0.1, 0.15) is 24.4 Å². The molecule has 0 aliphatic carbocycles. The summed E-state index contributed by atoms with van der Waals surface area (Å²) in [6.07, 6.45) is -4.50. The Morgan fingerprint density at radius 2 is 1.71 bits per heavy atom. The number of sulfonamides is 1. The van der Waals surface area contributed by atoms with Crippen LogP contribution in [0.4, 0.5) is 13.2 Å². The van der Waals surface area contributed by atoms with Crippen molar-refractivity contribution in [3.8, 4) is 11.5 Å². The van der Waals surface area contributed by atoms with Gasteiger partial charge in [0.1, 0.15) is 0 Å². The van der Waals surface area contributed by atoms with Gasteiger partial charge in [0, 0.05) is 25.5 Å². The van der Waals surface area contributed by atoms with Crippen molar-refractivity contribution < 1.29 is 35.9 Å². The quantitative estimate of drug-likeness (QED) is 0.666. The van der Waals surface area contributed by atoms with E-state index in [-0.39, 0.29) is 22.8 Å². The molecular formula is C20H21F3N2O5S. The number of nitrogens with one attached hydrogen (secondary N) is 2. The minimum atomic E-state index is -4.69. The summed E-state index contributed by atoms with van der Waals surface area (Å²) < 4.78 is 78.0. The van der Waals surface area contributed by atoms with Crippen molar-refractivity contribution in [1.82, 2.24) is 10.0 Å². The molecule has 2 aromatic rings. The predicted octanol–water partition coefficient (Wildman–Crippen LogP) is 2.94. The van der Waals surface area contributed by atoms with E-state index in [0.717, 1.165) is 0 Å². The number of benzene rings is 2. The van der Waals surface area contributed by atoms with Gasteiger partial charge in [0.05, 0.1) is 18.1 Å². The summed E-state index contributed by atoms with van der Waals surface area (Å²) in [5.41, 5.74) is -0.115. The number of hydrogen-bond acceptors (Lipinski definition) is 5. The maximum Gasteiger partial charge on any atom is 0.412 e. The minimum Gasteiger partial charge on any atom is -0.490 e. The first-order valence-electron chi connectivity index (χ1n) is 9.47. The molecular weight excluding hydrogens is 437 g/mol. The topological polar surface area (TPSA) is 93.7 Å². The number of carbonyl (C=O) groups is 1. The van der Waals surface area contributed by atoms with Gasteiger partial charge in [-0.3, -0.25) is 4.79 Å². The van der Waals surface area contributed by atoms with Crippen molar-refractivity contribution in [1.29, 1.82) is 0 Å². The molecule has 1 unspecified atom stereocenters. The SMILES string of the molecule is O=C(CCNS(=O)(=O)c1ccc2c(c1)OCCCO2)NC(c1ccccc1)C(F)(F)F. The Kier molecular flexibility index (Phi) is 7.06. The Balaban J connectivity index is 1.60. The third kappa shape index (κ3) is 6.11. The smallest absolute Gasteiger partial charge is 0.412 e. The fourth-order valence-electron chi connectivity index (χ4n) is 2.93. The van der Waals surface area contributed by atoms with Crippen molar-refractivity contribution in [2.24, 2.45) is 0 Å². The molecule has 2 aromatic carbocycles. The molecule has 1 amide bonds. The van der Waals surface area contributed by atoms with E-state index < -0.39 is 34.6 Å². The summed E-state index contributed by atoms with van der Waals surface area (Å²) in [7, 11) is -4.00. The molecule has 0 saturated carbocycles. The molecule has 0 saturated heterocycles. The maximum absolute atomic E-state index is 13.3. The zero-order valence-electron chi connectivity index (χ0n) is 16.3. The van der Waals surface area contributed by atoms with E-state index in [4.69, 9.17) is 9.47 Å². The molecule has 168 valence electrons. The van der Waals surface area contributed by atoms with E-state index in [1.165, 1.54) is 42.5 Å². The van der Waals surface area contributed by atoms with Gasteiger partial charge in [-0.25, -0.2) is 13.1 Å². The Bertz CT molecular complexity index is 1010. The van der Waals surface area contributed by atoms with Crippen LogP contribution in [0.25, 0.3) is 0 Å². The van der Waals surface area contributed by atoms with Crippen molar-refractivity contribution >= 4 is 15.9 Å². The number of hydrogen-bond donors (Lipinski definition) is 2. The molecule has 31 heavy (non-hydrogen) atoms. The van der Waals surface area contributed by atoms with Gasteiger partial charge >= 0.3 is 6.18 Å². The van der Waals surface area contributed by atoms with Crippen molar-refractivity contribution in [2.75, 3.05) is 19.8 Å². The van der Waals surface area contributed by atoms with Crippen LogP contribution in [0.3, 0.4) is 0 Å². The van der Waals surface area contributed by atoms with Crippen molar-refractivity contribution in [3.05, 3.63) is 54.1 Å². The molecule has 0 fully saturated rings. The lowest BCUT2D eigenvalue weighted by atomic mass is 10.1. The average molecular weight is 458 g/mol. The molecule has 1 aliphatic heterocycles. The van der Waals surface area contributed by atoms with E-state index in [1.807, 2.05) is 5.32 Å². The Hall–Kier alpha value is -2.79. The second-order valence-electron chi connectivity index (χ2n) is 6.76. The monoisotopic (exact) mass is 458 g/mol. The highest BCUT2D eigenvalue weighted by Crippen LogP contribution is 2.33. The lowest BCUT2D eigenvalue weighted by molar-refractivity contribution is -0.163. The van der Waals surface area contributed by atoms with Gasteiger partial charge in [0.15, 0.2) is 17.5 Å². The molecule has 7 nitrogen and oxygen atoms in total. The summed E-state index contributed by atoms with van der Waals surface area (Å²) in [6.45, 7) is 0.461. The molecule has 3 rings (SSSR count). The Morgan fingerprint density at radius 3 is 2.39 bits per heavy atom. The fraction of sp³-hybridized carbons (Fsp3) is 0.350. The molecule has 1 aliphatic rings. The molecule has 1 heterocycles. The van der Waals surface area contributed by atoms with Gasteiger partial charge in [0.25, 0.3) is 0 Å². The number of alkyl halides is 3. The average Bonchev–Trinajstić information content (AvgIpc) is 2.96. The van der Waals surface area contributed by atoms with Gasteiger partial charge in [-0.1, -0.05) is 30.3 Å². The second kappa shape index (κ2) is 9.56. The van der Waals surface area contributed by atoms with Gasteiger partial charge in [0.2, 0.25) is 15.9 Å². The van der Waals surface area contributed by atoms with Gasteiger partial charge in [-0.2, -0.15) is 13.2 Å². The number of halogens is 3. The summed E-state index contributed by atoms with van der Waals surface area (Å²) in [6, 6.07) is 8.86. The van der Waals surface area contributed by atoms with Crippen LogP contribution in [-0.4, -0.2) is 40.3 Å². The number of rotatable bonds is 7. The minimum absolute atomic E-state index is 0.102. The lowest BCUT2D eigenvalue weighted by Gasteiger charge is -2.22. The molecule has 1 atom stereocenters. The number of ether oxygens (including phenoxy) is 2. The lowest BCUT2D eigenvalue weighted by Crippen LogP contribution is -2.39. The zero-order valence-corrected chi connectivity index (χ0v) is 17.1. The summed E-state index contributed by atoms with van der Waals surface area (Å²) >= 11 is 0. The highest BCUT2D eigenvalue weighted by molar-refractivity contribution is 7.89. The standard InChI is InChI=1S/C20H21F3N2O5S/c21-20(22,23)19(14-5-2-1-3-6-14)25-18(26)9-10-24-31(27,28)15-7-8-16-17(13-15)30-12-4-11-29-16/h1-3,5-8,13,19,24H,4,9-12H2,(H,25,26). The first-order valence-corrected chi connectivity index (χ1v) is 11.0. The maximum atomic E-state index is 13.3. The van der Waals surface area contributed by atoms with E-state index in [9.17, 15) is 26.4 Å². The molecule has 0 spiro atoms. The molecule has 2 N–H and O–H groups in total. The van der Waals surface area contributed by atoms with Crippen LogP contribution in [-0.2, 0) is 14.8 Å². The molecule has 0 radical (unpaired) electrons. The van der Waals surface area contributed by atoms with Gasteiger partial charge in [-0.05, 0) is 17.7 Å². The Labute approximate surface area is 177 Å². The first-order chi connectivity index (χ1) is 14.7. The predicted molar refractivity (Wildman–Crippen MR) is 105 cm³/mol. The van der Waals surface area contributed by atoms with Crippen LogP contribution in [0.2, 0.25) is 0 Å². The highest BCUT2D eigenvalue weighted by Gasteiger charge is 2.41. The fourth-order valence-corrected chi connectivity index (χ4v) is 3.97. The van der Waals surface area contributed by atoms with Crippen LogP contribution >= 0.6 is 0 Å². The van der Waals surface area contributed by atoms with E-state index in [1.54, 1.807) is 6.07 Å². The summed E-state index contributed by atoms with van der Waals surface area (Å²) in [4.78, 5) is 11.9. The number of amides is 1. The second-order valence-corrected chi connectivity index (χ2v) is 8.53. The third-order valence-electron chi connectivity index (χ3n) is 4.44.